The Labute approximate surface area is 229 Å². The third-order valence-electron chi connectivity index (χ3n) is 5.72. The van der Waals surface area contributed by atoms with Gasteiger partial charge in [-0.15, -0.1) is 0 Å². The summed E-state index contributed by atoms with van der Waals surface area (Å²) in [5, 5.41) is 35.4. The Kier molecular flexibility index (Phi) is 12.3. The molecular weight excluding hydrogens is 526 g/mol. The molecule has 40 heavy (non-hydrogen) atoms. The van der Waals surface area contributed by atoms with Crippen molar-refractivity contribution in [3.8, 4) is 5.75 Å². The van der Waals surface area contributed by atoms with Gasteiger partial charge in [0.25, 0.3) is 0 Å². The molecule has 3 amide bonds. The molecule has 13 N–H and O–H groups in total. The van der Waals surface area contributed by atoms with E-state index < -0.39 is 54.5 Å². The summed E-state index contributed by atoms with van der Waals surface area (Å²) in [6.07, 6.45) is 3.37. The average molecular weight is 562 g/mol. The van der Waals surface area contributed by atoms with Crippen molar-refractivity contribution in [3.63, 3.8) is 0 Å². The third-order valence-corrected chi connectivity index (χ3v) is 5.72. The van der Waals surface area contributed by atoms with Crippen LogP contribution in [-0.4, -0.2) is 92.3 Å². The van der Waals surface area contributed by atoms with E-state index in [1.54, 1.807) is 0 Å². The molecule has 218 valence electrons. The molecule has 0 saturated carbocycles. The van der Waals surface area contributed by atoms with Gasteiger partial charge in [0.2, 0.25) is 17.7 Å². The summed E-state index contributed by atoms with van der Waals surface area (Å²) in [6.45, 7) is -0.610. The normalized spacial score (nSPS) is 13.8. The largest absolute Gasteiger partial charge is 0.508 e. The number of aliphatic hydroxyl groups excluding tert-OH is 1. The predicted molar refractivity (Wildman–Crippen MR) is 143 cm³/mol. The molecule has 2 aromatic rings. The number of guanidine groups is 1. The van der Waals surface area contributed by atoms with Gasteiger partial charge in [-0.2, -0.15) is 0 Å². The van der Waals surface area contributed by atoms with Gasteiger partial charge in [0, 0.05) is 31.3 Å². The first kappa shape index (κ1) is 31.5. The van der Waals surface area contributed by atoms with Crippen LogP contribution in [0.2, 0.25) is 0 Å². The zero-order valence-corrected chi connectivity index (χ0v) is 21.6. The number of phenolic OH excluding ortho intramolecular Hbond substituents is 1. The minimum Gasteiger partial charge on any atom is -0.508 e. The summed E-state index contributed by atoms with van der Waals surface area (Å²) in [6, 6.07) is 0.722. The number of hydrogen-bond acceptors (Lipinski definition) is 9. The van der Waals surface area contributed by atoms with Crippen LogP contribution in [0.1, 0.15) is 24.1 Å². The fourth-order valence-corrected chi connectivity index (χ4v) is 3.56. The number of rotatable bonds is 16. The zero-order valence-electron chi connectivity index (χ0n) is 21.6. The molecule has 1 aromatic carbocycles. The molecule has 0 bridgehead atoms. The fraction of sp³-hybridized carbons (Fsp3) is 0.417. The Morgan fingerprint density at radius 3 is 2.10 bits per heavy atom. The Morgan fingerprint density at radius 2 is 1.55 bits per heavy atom. The van der Waals surface area contributed by atoms with Gasteiger partial charge < -0.3 is 53.5 Å². The minimum absolute atomic E-state index is 0.0167. The number of nitrogens with two attached hydrogens (primary N) is 3. The van der Waals surface area contributed by atoms with E-state index in [0.29, 0.717) is 17.7 Å². The molecule has 4 unspecified atom stereocenters. The van der Waals surface area contributed by atoms with Crippen LogP contribution in [0.5, 0.6) is 5.75 Å². The molecule has 1 aromatic heterocycles. The lowest BCUT2D eigenvalue weighted by Crippen LogP contribution is -2.58. The first-order valence-electron chi connectivity index (χ1n) is 12.3. The maximum Gasteiger partial charge on any atom is 0.328 e. The molecule has 1 heterocycles. The Hall–Kier alpha value is -4.70. The number of aliphatic imine (C=N–C) groups is 1. The maximum absolute atomic E-state index is 13.4. The van der Waals surface area contributed by atoms with E-state index in [1.807, 2.05) is 0 Å². The standard InChI is InChI=1S/C24H35N9O7/c25-16(2-1-7-29-24(26)27)20(36)31-18(9-14-10-28-12-30-14)22(38)32-17(8-13-3-5-15(35)6-4-13)21(37)33-19(11-34)23(39)40/h3-6,10,12,16-19,34-35H,1-2,7-9,11,25H2,(H,28,30)(H,31,36)(H,32,38)(H,33,37)(H,39,40)(H4,26,27,29). The number of imidazole rings is 1. The van der Waals surface area contributed by atoms with Gasteiger partial charge in [-0.3, -0.25) is 19.4 Å². The average Bonchev–Trinajstić information content (AvgIpc) is 3.42. The SMILES string of the molecule is NC(N)=NCCCC(N)C(=O)NC(Cc1cnc[nH]1)C(=O)NC(Cc1ccc(O)cc1)C(=O)NC(CO)C(=O)O. The number of aliphatic hydroxyl groups is 1. The van der Waals surface area contributed by atoms with Crippen molar-refractivity contribution in [2.24, 2.45) is 22.2 Å². The van der Waals surface area contributed by atoms with E-state index in [4.69, 9.17) is 17.2 Å². The van der Waals surface area contributed by atoms with Crippen LogP contribution < -0.4 is 33.2 Å². The van der Waals surface area contributed by atoms with Crippen molar-refractivity contribution >= 4 is 29.7 Å². The first-order valence-corrected chi connectivity index (χ1v) is 12.3. The molecule has 0 aliphatic carbocycles. The van der Waals surface area contributed by atoms with Gasteiger partial charge in [-0.1, -0.05) is 12.1 Å². The van der Waals surface area contributed by atoms with Crippen molar-refractivity contribution < 1.29 is 34.5 Å². The van der Waals surface area contributed by atoms with E-state index in [9.17, 15) is 34.5 Å². The lowest BCUT2D eigenvalue weighted by atomic mass is 10.0. The number of carboxylic acid groups (broad SMARTS) is 1. The number of carbonyl (C=O) groups excluding carboxylic acids is 3. The van der Waals surface area contributed by atoms with Crippen LogP contribution >= 0.6 is 0 Å². The number of aromatic nitrogens is 2. The van der Waals surface area contributed by atoms with E-state index in [0.717, 1.165) is 0 Å². The smallest absolute Gasteiger partial charge is 0.328 e. The van der Waals surface area contributed by atoms with Crippen molar-refractivity contribution in [3.05, 3.63) is 48.0 Å². The van der Waals surface area contributed by atoms with Crippen molar-refractivity contribution in [1.29, 1.82) is 0 Å². The third kappa shape index (κ3) is 10.6. The predicted octanol–water partition coefficient (Wildman–Crippen LogP) is -3.19. The quantitative estimate of drug-likeness (QED) is 0.0553. The summed E-state index contributed by atoms with van der Waals surface area (Å²) in [5.74, 6) is -3.85. The Bertz CT molecular complexity index is 1150. The lowest BCUT2D eigenvalue weighted by molar-refractivity contribution is -0.143. The van der Waals surface area contributed by atoms with Gasteiger partial charge in [0.1, 0.15) is 23.9 Å². The number of carbonyl (C=O) groups is 4. The van der Waals surface area contributed by atoms with Gasteiger partial charge in [0.05, 0.1) is 19.0 Å². The number of aliphatic carboxylic acids is 1. The summed E-state index contributed by atoms with van der Waals surface area (Å²) in [5.41, 5.74) is 17.6. The molecular formula is C24H35N9O7. The number of phenols is 1. The van der Waals surface area contributed by atoms with Crippen molar-refractivity contribution in [2.75, 3.05) is 13.2 Å². The van der Waals surface area contributed by atoms with Crippen LogP contribution in [0, 0.1) is 0 Å². The van der Waals surface area contributed by atoms with E-state index in [-0.39, 0.29) is 37.5 Å². The molecule has 16 nitrogen and oxygen atoms in total. The summed E-state index contributed by atoms with van der Waals surface area (Å²) >= 11 is 0. The number of carboxylic acids is 1. The van der Waals surface area contributed by atoms with E-state index in [1.165, 1.54) is 36.8 Å². The van der Waals surface area contributed by atoms with Crippen LogP contribution in [0.4, 0.5) is 0 Å². The monoisotopic (exact) mass is 561 g/mol. The fourth-order valence-electron chi connectivity index (χ4n) is 3.56. The highest BCUT2D eigenvalue weighted by molar-refractivity contribution is 5.94. The highest BCUT2D eigenvalue weighted by Gasteiger charge is 2.30. The summed E-state index contributed by atoms with van der Waals surface area (Å²) < 4.78 is 0. The summed E-state index contributed by atoms with van der Waals surface area (Å²) in [4.78, 5) is 61.1. The molecule has 0 saturated heterocycles. The van der Waals surface area contributed by atoms with E-state index >= 15 is 0 Å². The van der Waals surface area contributed by atoms with Crippen LogP contribution in [-0.2, 0) is 32.0 Å². The molecule has 0 spiro atoms. The Morgan fingerprint density at radius 1 is 0.950 bits per heavy atom. The number of aromatic hydroxyl groups is 1. The van der Waals surface area contributed by atoms with Gasteiger partial charge in [-0.05, 0) is 30.5 Å². The zero-order chi connectivity index (χ0) is 29.7. The van der Waals surface area contributed by atoms with Crippen LogP contribution in [0.15, 0.2) is 41.8 Å². The molecule has 0 fully saturated rings. The summed E-state index contributed by atoms with van der Waals surface area (Å²) in [7, 11) is 0. The second kappa shape index (κ2) is 15.6. The highest BCUT2D eigenvalue weighted by atomic mass is 16.4. The number of nitrogens with zero attached hydrogens (tertiary/aromatic N) is 2. The number of benzene rings is 1. The minimum atomic E-state index is -1.61. The number of hydrogen-bond donors (Lipinski definition) is 10. The topological polar surface area (TPSA) is 284 Å². The second-order valence-electron chi connectivity index (χ2n) is 8.91. The van der Waals surface area contributed by atoms with Gasteiger partial charge >= 0.3 is 5.97 Å². The number of nitrogens with one attached hydrogen (secondary N) is 4. The molecule has 0 aliphatic rings. The number of amides is 3. The maximum atomic E-state index is 13.4. The first-order chi connectivity index (χ1) is 19.0. The lowest BCUT2D eigenvalue weighted by Gasteiger charge is -2.25. The van der Waals surface area contributed by atoms with Crippen molar-refractivity contribution in [1.82, 2.24) is 25.9 Å². The Balaban J connectivity index is 2.21. The van der Waals surface area contributed by atoms with Crippen molar-refractivity contribution in [2.45, 2.75) is 49.9 Å². The molecule has 0 radical (unpaired) electrons. The van der Waals surface area contributed by atoms with Crippen LogP contribution in [0.3, 0.4) is 0 Å². The van der Waals surface area contributed by atoms with Gasteiger partial charge in [-0.25, -0.2) is 9.78 Å². The number of aromatic amines is 1. The number of H-pyrrole nitrogens is 1. The van der Waals surface area contributed by atoms with Gasteiger partial charge in [0.15, 0.2) is 5.96 Å². The second-order valence-corrected chi connectivity index (χ2v) is 8.91. The van der Waals surface area contributed by atoms with Crippen LogP contribution in [0.25, 0.3) is 0 Å². The molecule has 4 atom stereocenters. The molecule has 2 rings (SSSR count). The van der Waals surface area contributed by atoms with E-state index in [2.05, 4.69) is 30.9 Å². The molecule has 0 aliphatic heterocycles. The molecule has 16 heteroatoms. The highest BCUT2D eigenvalue weighted by Crippen LogP contribution is 2.12.